The second kappa shape index (κ2) is 4.72. The lowest BCUT2D eigenvalue weighted by Gasteiger charge is -2.06. The van der Waals surface area contributed by atoms with Gasteiger partial charge in [0.25, 0.3) is 5.91 Å². The average Bonchev–Trinajstić information content (AvgIpc) is 2.70. The minimum Gasteiger partial charge on any atom is -0.306 e. The van der Waals surface area contributed by atoms with E-state index in [-0.39, 0.29) is 5.91 Å². The zero-order valence-electron chi connectivity index (χ0n) is 10.1. The van der Waals surface area contributed by atoms with E-state index < -0.39 is 0 Å². The Morgan fingerprint density at radius 2 is 2.28 bits per heavy atom. The van der Waals surface area contributed by atoms with Crippen LogP contribution < -0.4 is 5.32 Å². The molecule has 0 saturated carbocycles. The van der Waals surface area contributed by atoms with Gasteiger partial charge in [-0.05, 0) is 19.1 Å². The standard InChI is InChI=1S/C13H12N4O/c1-9-4-3-5-10(6-9)13(18)16-12-11(7-14)8-15-17(12)2/h3-6,8H,1-2H3,(H,16,18). The van der Waals surface area contributed by atoms with E-state index in [2.05, 4.69) is 10.4 Å². The van der Waals surface area contributed by atoms with E-state index in [1.807, 2.05) is 25.1 Å². The molecule has 0 fully saturated rings. The Morgan fingerprint density at radius 1 is 1.50 bits per heavy atom. The molecule has 2 aromatic rings. The lowest BCUT2D eigenvalue weighted by Crippen LogP contribution is -2.15. The zero-order chi connectivity index (χ0) is 13.1. The molecular formula is C13H12N4O. The van der Waals surface area contributed by atoms with Crippen LogP contribution in [0.2, 0.25) is 0 Å². The summed E-state index contributed by atoms with van der Waals surface area (Å²) in [5.41, 5.74) is 1.91. The quantitative estimate of drug-likeness (QED) is 0.870. The van der Waals surface area contributed by atoms with Gasteiger partial charge >= 0.3 is 0 Å². The Hall–Kier alpha value is -2.61. The number of aryl methyl sites for hydroxylation is 2. The van der Waals surface area contributed by atoms with Crippen molar-refractivity contribution in [1.82, 2.24) is 9.78 Å². The van der Waals surface area contributed by atoms with E-state index in [9.17, 15) is 4.79 Å². The van der Waals surface area contributed by atoms with Gasteiger partial charge < -0.3 is 5.32 Å². The summed E-state index contributed by atoms with van der Waals surface area (Å²) in [6.07, 6.45) is 1.42. The second-order valence-electron chi connectivity index (χ2n) is 3.97. The molecule has 1 aromatic carbocycles. The van der Waals surface area contributed by atoms with E-state index in [1.54, 1.807) is 19.2 Å². The van der Waals surface area contributed by atoms with Crippen LogP contribution in [0, 0.1) is 18.3 Å². The van der Waals surface area contributed by atoms with Crippen LogP contribution in [0.25, 0.3) is 0 Å². The summed E-state index contributed by atoms with van der Waals surface area (Å²) in [4.78, 5) is 12.0. The van der Waals surface area contributed by atoms with E-state index >= 15 is 0 Å². The van der Waals surface area contributed by atoms with Crippen molar-refractivity contribution in [3.8, 4) is 6.07 Å². The van der Waals surface area contributed by atoms with Gasteiger partial charge in [-0.3, -0.25) is 9.48 Å². The lowest BCUT2D eigenvalue weighted by molar-refractivity contribution is 0.102. The molecule has 5 heteroatoms. The van der Waals surface area contributed by atoms with E-state index in [4.69, 9.17) is 5.26 Å². The molecule has 0 atom stereocenters. The van der Waals surface area contributed by atoms with Crippen LogP contribution >= 0.6 is 0 Å². The molecule has 0 spiro atoms. The molecule has 1 aromatic heterocycles. The SMILES string of the molecule is Cc1cccc(C(=O)Nc2c(C#N)cnn2C)c1. The minimum absolute atomic E-state index is 0.251. The predicted octanol–water partition coefficient (Wildman–Crippen LogP) is 1.85. The highest BCUT2D eigenvalue weighted by molar-refractivity contribution is 6.04. The molecule has 1 heterocycles. The molecule has 0 aliphatic carbocycles. The second-order valence-corrected chi connectivity index (χ2v) is 3.97. The van der Waals surface area contributed by atoms with Gasteiger partial charge in [-0.2, -0.15) is 10.4 Å². The molecule has 18 heavy (non-hydrogen) atoms. The first kappa shape index (κ1) is 11.9. The maximum absolute atomic E-state index is 12.0. The Labute approximate surface area is 105 Å². The molecule has 0 bridgehead atoms. The van der Waals surface area contributed by atoms with Crippen LogP contribution in [-0.4, -0.2) is 15.7 Å². The van der Waals surface area contributed by atoms with Crippen molar-refractivity contribution in [1.29, 1.82) is 5.26 Å². The molecule has 0 saturated heterocycles. The maximum Gasteiger partial charge on any atom is 0.256 e. The molecule has 2 rings (SSSR count). The first-order chi connectivity index (χ1) is 8.61. The third-order valence-corrected chi connectivity index (χ3v) is 2.57. The highest BCUT2D eigenvalue weighted by Gasteiger charge is 2.12. The summed E-state index contributed by atoms with van der Waals surface area (Å²) in [7, 11) is 1.67. The fourth-order valence-electron chi connectivity index (χ4n) is 1.63. The summed E-state index contributed by atoms with van der Waals surface area (Å²) in [6.45, 7) is 1.92. The number of benzene rings is 1. The van der Waals surface area contributed by atoms with Crippen LogP contribution in [0.5, 0.6) is 0 Å². The van der Waals surface area contributed by atoms with Crippen LogP contribution in [-0.2, 0) is 7.05 Å². The lowest BCUT2D eigenvalue weighted by atomic mass is 10.1. The fourth-order valence-corrected chi connectivity index (χ4v) is 1.63. The predicted molar refractivity (Wildman–Crippen MR) is 67.1 cm³/mol. The third kappa shape index (κ3) is 2.23. The smallest absolute Gasteiger partial charge is 0.256 e. The number of nitriles is 1. The molecule has 1 amide bonds. The van der Waals surface area contributed by atoms with Crippen molar-refractivity contribution < 1.29 is 4.79 Å². The van der Waals surface area contributed by atoms with Gasteiger partial charge in [-0.25, -0.2) is 0 Å². The molecule has 0 unspecified atom stereocenters. The van der Waals surface area contributed by atoms with Gasteiger partial charge in [-0.1, -0.05) is 17.7 Å². The Morgan fingerprint density at radius 3 is 2.94 bits per heavy atom. The topological polar surface area (TPSA) is 70.7 Å². The largest absolute Gasteiger partial charge is 0.306 e. The van der Waals surface area contributed by atoms with Gasteiger partial charge in [0.2, 0.25) is 0 Å². The summed E-state index contributed by atoms with van der Waals surface area (Å²) in [5.74, 6) is 0.155. The molecule has 0 aliphatic heterocycles. The van der Waals surface area contributed by atoms with Crippen molar-refractivity contribution in [3.05, 3.63) is 47.2 Å². The maximum atomic E-state index is 12.0. The minimum atomic E-state index is -0.251. The van der Waals surface area contributed by atoms with Crippen LogP contribution in [0.4, 0.5) is 5.82 Å². The monoisotopic (exact) mass is 240 g/mol. The number of aromatic nitrogens is 2. The molecule has 5 nitrogen and oxygen atoms in total. The van der Waals surface area contributed by atoms with Gasteiger partial charge in [-0.15, -0.1) is 0 Å². The number of hydrogen-bond donors (Lipinski definition) is 1. The van der Waals surface area contributed by atoms with E-state index in [0.29, 0.717) is 16.9 Å². The number of amides is 1. The molecule has 1 N–H and O–H groups in total. The average molecular weight is 240 g/mol. The van der Waals surface area contributed by atoms with Crippen LogP contribution in [0.3, 0.4) is 0 Å². The third-order valence-electron chi connectivity index (χ3n) is 2.57. The summed E-state index contributed by atoms with van der Waals surface area (Å²) < 4.78 is 1.46. The number of rotatable bonds is 2. The highest BCUT2D eigenvalue weighted by Crippen LogP contribution is 2.14. The highest BCUT2D eigenvalue weighted by atomic mass is 16.1. The molecule has 0 radical (unpaired) electrons. The number of anilines is 1. The van der Waals surface area contributed by atoms with Crippen molar-refractivity contribution in [2.24, 2.45) is 7.05 Å². The summed E-state index contributed by atoms with van der Waals surface area (Å²) in [5, 5.41) is 15.5. The number of hydrogen-bond acceptors (Lipinski definition) is 3. The first-order valence-corrected chi connectivity index (χ1v) is 5.42. The van der Waals surface area contributed by atoms with E-state index in [1.165, 1.54) is 10.9 Å². The summed E-state index contributed by atoms with van der Waals surface area (Å²) >= 11 is 0. The normalized spacial score (nSPS) is 9.83. The Kier molecular flexibility index (Phi) is 3.11. The van der Waals surface area contributed by atoms with Crippen LogP contribution in [0.15, 0.2) is 30.5 Å². The van der Waals surface area contributed by atoms with Crippen molar-refractivity contribution >= 4 is 11.7 Å². The van der Waals surface area contributed by atoms with E-state index in [0.717, 1.165) is 5.56 Å². The number of nitrogens with one attached hydrogen (secondary N) is 1. The van der Waals surface area contributed by atoms with Gasteiger partial charge in [0.05, 0.1) is 6.20 Å². The fraction of sp³-hybridized carbons (Fsp3) is 0.154. The van der Waals surface area contributed by atoms with Crippen molar-refractivity contribution in [3.63, 3.8) is 0 Å². The van der Waals surface area contributed by atoms with Crippen LogP contribution in [0.1, 0.15) is 21.5 Å². The number of nitrogens with zero attached hydrogens (tertiary/aromatic N) is 3. The molecule has 90 valence electrons. The number of carbonyl (C=O) groups is 1. The Balaban J connectivity index is 2.27. The van der Waals surface area contributed by atoms with Crippen molar-refractivity contribution in [2.45, 2.75) is 6.92 Å². The summed E-state index contributed by atoms with van der Waals surface area (Å²) in [6, 6.07) is 9.24. The number of carbonyl (C=O) groups excluding carboxylic acids is 1. The zero-order valence-corrected chi connectivity index (χ0v) is 10.1. The molecular weight excluding hydrogens is 228 g/mol. The molecule has 0 aliphatic rings. The van der Waals surface area contributed by atoms with Crippen molar-refractivity contribution in [2.75, 3.05) is 5.32 Å². The Bertz CT molecular complexity index is 637. The van der Waals surface area contributed by atoms with Gasteiger partial charge in [0.15, 0.2) is 0 Å². The van der Waals surface area contributed by atoms with Gasteiger partial charge in [0.1, 0.15) is 17.5 Å². The van der Waals surface area contributed by atoms with Gasteiger partial charge in [0, 0.05) is 12.6 Å². The first-order valence-electron chi connectivity index (χ1n) is 5.42.